The summed E-state index contributed by atoms with van der Waals surface area (Å²) in [7, 11) is 0. The molecule has 0 aromatic rings. The molecule has 3 aliphatic rings. The largest absolute Gasteiger partial charge is 0.379 e. The van der Waals surface area contributed by atoms with Crippen LogP contribution in [0.4, 0.5) is 0 Å². The molecule has 0 aromatic heterocycles. The van der Waals surface area contributed by atoms with Gasteiger partial charge < -0.3 is 20.1 Å². The van der Waals surface area contributed by atoms with E-state index >= 15 is 0 Å². The molecule has 0 bridgehead atoms. The number of rotatable bonds is 4. The van der Waals surface area contributed by atoms with E-state index in [0.717, 1.165) is 39.4 Å². The molecule has 1 unspecified atom stereocenters. The van der Waals surface area contributed by atoms with Gasteiger partial charge in [-0.15, -0.1) is 12.4 Å². The number of halogens is 1. The third kappa shape index (κ3) is 4.79. The minimum absolute atomic E-state index is 0. The van der Waals surface area contributed by atoms with Crippen molar-refractivity contribution in [2.24, 2.45) is 0 Å². The van der Waals surface area contributed by atoms with Crippen LogP contribution >= 0.6 is 12.4 Å². The van der Waals surface area contributed by atoms with Crippen molar-refractivity contribution < 1.29 is 14.3 Å². The smallest absolute Gasteiger partial charge is 0.250 e. The van der Waals surface area contributed by atoms with Gasteiger partial charge in [0.25, 0.3) is 5.91 Å². The summed E-state index contributed by atoms with van der Waals surface area (Å²) in [5, 5.41) is 6.39. The van der Waals surface area contributed by atoms with Crippen molar-refractivity contribution in [2.75, 3.05) is 52.5 Å². The van der Waals surface area contributed by atoms with E-state index in [-0.39, 0.29) is 30.0 Å². The summed E-state index contributed by atoms with van der Waals surface area (Å²) in [6.45, 7) is 6.40. The molecule has 0 radical (unpaired) electrons. The SMILES string of the molecule is Cl.O=C(NCC1(N2CCOCC2)CCCCC1)C1CNCCO1. The van der Waals surface area contributed by atoms with Crippen LogP contribution < -0.4 is 10.6 Å². The second kappa shape index (κ2) is 9.18. The summed E-state index contributed by atoms with van der Waals surface area (Å²) in [6, 6.07) is 0. The van der Waals surface area contributed by atoms with E-state index in [0.29, 0.717) is 13.2 Å². The summed E-state index contributed by atoms with van der Waals surface area (Å²) in [5.74, 6) is 0.0328. The van der Waals surface area contributed by atoms with E-state index in [1.165, 1.54) is 32.1 Å². The second-order valence-corrected chi connectivity index (χ2v) is 6.67. The van der Waals surface area contributed by atoms with Gasteiger partial charge >= 0.3 is 0 Å². The summed E-state index contributed by atoms with van der Waals surface area (Å²) in [4.78, 5) is 14.9. The number of morpholine rings is 2. The third-order valence-electron chi connectivity index (χ3n) is 5.28. The minimum Gasteiger partial charge on any atom is -0.379 e. The first-order valence-corrected chi connectivity index (χ1v) is 8.73. The Morgan fingerprint density at radius 1 is 1.17 bits per heavy atom. The Hall–Kier alpha value is -0.400. The Bertz CT molecular complexity index is 366. The predicted octanol–water partition coefficient (Wildman–Crippen LogP) is 0.548. The van der Waals surface area contributed by atoms with Gasteiger partial charge in [0, 0.05) is 38.3 Å². The van der Waals surface area contributed by atoms with Crippen LogP contribution in [0.2, 0.25) is 0 Å². The van der Waals surface area contributed by atoms with E-state index in [9.17, 15) is 4.79 Å². The van der Waals surface area contributed by atoms with Gasteiger partial charge in [0.15, 0.2) is 0 Å². The van der Waals surface area contributed by atoms with E-state index in [4.69, 9.17) is 9.47 Å². The standard InChI is InChI=1S/C16H29N3O3.ClH/c20-15(14-12-17-6-9-22-14)18-13-16(4-2-1-3-5-16)19-7-10-21-11-8-19;/h14,17H,1-13H2,(H,18,20);1H. The first-order chi connectivity index (χ1) is 10.8. The second-order valence-electron chi connectivity index (χ2n) is 6.67. The maximum Gasteiger partial charge on any atom is 0.250 e. The van der Waals surface area contributed by atoms with E-state index < -0.39 is 0 Å². The highest BCUT2D eigenvalue weighted by atomic mass is 35.5. The van der Waals surface area contributed by atoms with E-state index in [2.05, 4.69) is 15.5 Å². The lowest BCUT2D eigenvalue weighted by Crippen LogP contribution is -2.61. The maximum absolute atomic E-state index is 12.3. The minimum atomic E-state index is -0.334. The van der Waals surface area contributed by atoms with Crippen LogP contribution in [0.25, 0.3) is 0 Å². The van der Waals surface area contributed by atoms with Gasteiger partial charge in [-0.1, -0.05) is 19.3 Å². The van der Waals surface area contributed by atoms with E-state index in [1.54, 1.807) is 0 Å². The molecule has 0 aromatic carbocycles. The lowest BCUT2D eigenvalue weighted by Gasteiger charge is -2.48. The van der Waals surface area contributed by atoms with Gasteiger partial charge in [-0.05, 0) is 12.8 Å². The third-order valence-corrected chi connectivity index (χ3v) is 5.28. The molecule has 134 valence electrons. The maximum atomic E-state index is 12.3. The quantitative estimate of drug-likeness (QED) is 0.777. The molecule has 1 atom stereocenters. The van der Waals surface area contributed by atoms with Crippen molar-refractivity contribution in [1.82, 2.24) is 15.5 Å². The first kappa shape index (κ1) is 18.9. The average Bonchev–Trinajstić information content (AvgIpc) is 2.62. The number of nitrogens with zero attached hydrogens (tertiary/aromatic N) is 1. The van der Waals surface area contributed by atoms with Crippen molar-refractivity contribution in [2.45, 2.75) is 43.7 Å². The van der Waals surface area contributed by atoms with Gasteiger partial charge in [-0.25, -0.2) is 0 Å². The summed E-state index contributed by atoms with van der Waals surface area (Å²) in [6.07, 6.45) is 5.85. The Morgan fingerprint density at radius 3 is 2.57 bits per heavy atom. The van der Waals surface area contributed by atoms with Crippen molar-refractivity contribution in [1.29, 1.82) is 0 Å². The molecule has 0 spiro atoms. The Kier molecular flexibility index (Phi) is 7.56. The van der Waals surface area contributed by atoms with Gasteiger partial charge in [0.1, 0.15) is 6.10 Å². The number of ether oxygens (including phenoxy) is 2. The Labute approximate surface area is 145 Å². The van der Waals surface area contributed by atoms with Gasteiger partial charge in [0.05, 0.1) is 19.8 Å². The molecule has 1 aliphatic carbocycles. The molecule has 3 rings (SSSR count). The number of nitrogens with one attached hydrogen (secondary N) is 2. The van der Waals surface area contributed by atoms with Crippen LogP contribution in [0.3, 0.4) is 0 Å². The highest BCUT2D eigenvalue weighted by molar-refractivity contribution is 5.85. The first-order valence-electron chi connectivity index (χ1n) is 8.73. The Balaban J connectivity index is 0.00000192. The fourth-order valence-electron chi connectivity index (χ4n) is 3.95. The highest BCUT2D eigenvalue weighted by Gasteiger charge is 2.39. The summed E-state index contributed by atoms with van der Waals surface area (Å²) < 4.78 is 11.0. The molecule has 2 saturated heterocycles. The Morgan fingerprint density at radius 2 is 1.91 bits per heavy atom. The van der Waals surface area contributed by atoms with Gasteiger partial charge in [-0.3, -0.25) is 9.69 Å². The highest BCUT2D eigenvalue weighted by Crippen LogP contribution is 2.33. The fourth-order valence-corrected chi connectivity index (χ4v) is 3.95. The summed E-state index contributed by atoms with van der Waals surface area (Å²) >= 11 is 0. The molecule has 1 saturated carbocycles. The van der Waals surface area contributed by atoms with Gasteiger partial charge in [-0.2, -0.15) is 0 Å². The van der Waals surface area contributed by atoms with Crippen LogP contribution in [-0.2, 0) is 14.3 Å². The monoisotopic (exact) mass is 347 g/mol. The van der Waals surface area contributed by atoms with Crippen LogP contribution in [0.5, 0.6) is 0 Å². The molecule has 3 fully saturated rings. The normalized spacial score (nSPS) is 28.6. The molecule has 7 heteroatoms. The van der Waals surface area contributed by atoms with Crippen LogP contribution in [0, 0.1) is 0 Å². The zero-order valence-electron chi connectivity index (χ0n) is 13.8. The zero-order valence-corrected chi connectivity index (χ0v) is 14.7. The molecule has 2 aliphatic heterocycles. The van der Waals surface area contributed by atoms with Crippen LogP contribution in [0.15, 0.2) is 0 Å². The van der Waals surface area contributed by atoms with Crippen molar-refractivity contribution >= 4 is 18.3 Å². The van der Waals surface area contributed by atoms with Crippen LogP contribution in [-0.4, -0.2) is 75.0 Å². The zero-order chi connectivity index (χ0) is 15.3. The molecule has 6 nitrogen and oxygen atoms in total. The van der Waals surface area contributed by atoms with Gasteiger partial charge in [0.2, 0.25) is 0 Å². The molecule has 2 heterocycles. The van der Waals surface area contributed by atoms with Crippen LogP contribution in [0.1, 0.15) is 32.1 Å². The average molecular weight is 348 g/mol. The molecule has 1 amide bonds. The lowest BCUT2D eigenvalue weighted by molar-refractivity contribution is -0.135. The van der Waals surface area contributed by atoms with Crippen molar-refractivity contribution in [3.8, 4) is 0 Å². The van der Waals surface area contributed by atoms with Crippen molar-refractivity contribution in [3.63, 3.8) is 0 Å². The fraction of sp³-hybridized carbons (Fsp3) is 0.938. The molecular weight excluding hydrogens is 318 g/mol. The number of amides is 1. The molecular formula is C16H30ClN3O3. The number of carbonyl (C=O) groups excluding carboxylic acids is 1. The predicted molar refractivity (Wildman–Crippen MR) is 91.1 cm³/mol. The van der Waals surface area contributed by atoms with Crippen molar-refractivity contribution in [3.05, 3.63) is 0 Å². The molecule has 2 N–H and O–H groups in total. The number of hydrogen-bond acceptors (Lipinski definition) is 5. The van der Waals surface area contributed by atoms with E-state index in [1.807, 2.05) is 0 Å². The number of hydrogen-bond donors (Lipinski definition) is 2. The summed E-state index contributed by atoms with van der Waals surface area (Å²) in [5.41, 5.74) is 0.125. The molecule has 23 heavy (non-hydrogen) atoms. The lowest BCUT2D eigenvalue weighted by atomic mass is 9.79. The number of carbonyl (C=O) groups is 1. The topological polar surface area (TPSA) is 62.8 Å².